The quantitative estimate of drug-likeness (QED) is 0.646. The van der Waals surface area contributed by atoms with Gasteiger partial charge >= 0.3 is 6.03 Å². The Kier molecular flexibility index (Phi) is 6.92. The van der Waals surface area contributed by atoms with E-state index in [4.69, 9.17) is 9.47 Å². The van der Waals surface area contributed by atoms with Crippen LogP contribution < -0.4 is 5.32 Å². The third-order valence-electron chi connectivity index (χ3n) is 4.68. The lowest BCUT2D eigenvalue weighted by molar-refractivity contribution is -0.139. The molecule has 148 valence electrons. The van der Waals surface area contributed by atoms with Crippen LogP contribution in [-0.4, -0.2) is 74.7 Å². The van der Waals surface area contributed by atoms with Gasteiger partial charge in [0, 0.05) is 27.3 Å². The van der Waals surface area contributed by atoms with E-state index < -0.39 is 17.5 Å². The van der Waals surface area contributed by atoms with Crippen molar-refractivity contribution >= 4 is 17.8 Å². The average Bonchev–Trinajstić information content (AvgIpc) is 2.86. The van der Waals surface area contributed by atoms with Gasteiger partial charge in [0.25, 0.3) is 5.91 Å². The minimum atomic E-state index is -1.19. The summed E-state index contributed by atoms with van der Waals surface area (Å²) in [5.41, 5.74) is 0.546. The van der Waals surface area contributed by atoms with Crippen molar-refractivity contribution in [3.8, 4) is 0 Å². The standard InChI is InChI=1S/C19H27N3O5/c1-14-5-7-15(8-6-14)19(2)17(24)22(18(25)20-19)13-16(23)21(9-11-26-3)10-12-27-4/h5-8H,9-13H2,1-4H3,(H,20,25)/t19-/m0/s1. The van der Waals surface area contributed by atoms with Gasteiger partial charge in [-0.25, -0.2) is 4.79 Å². The number of hydrogen-bond donors (Lipinski definition) is 1. The number of methoxy groups -OCH3 is 2. The predicted octanol–water partition coefficient (Wildman–Crippen LogP) is 0.883. The number of ether oxygens (including phenoxy) is 2. The Labute approximate surface area is 159 Å². The molecule has 1 aromatic carbocycles. The second kappa shape index (κ2) is 8.96. The van der Waals surface area contributed by atoms with E-state index in [2.05, 4.69) is 5.32 Å². The molecular formula is C19H27N3O5. The van der Waals surface area contributed by atoms with Crippen molar-refractivity contribution in [2.24, 2.45) is 0 Å². The van der Waals surface area contributed by atoms with Crippen molar-refractivity contribution in [1.29, 1.82) is 0 Å². The molecule has 1 N–H and O–H groups in total. The van der Waals surface area contributed by atoms with Crippen LogP contribution in [0, 0.1) is 6.92 Å². The number of urea groups is 1. The van der Waals surface area contributed by atoms with Gasteiger partial charge in [-0.2, -0.15) is 0 Å². The minimum Gasteiger partial charge on any atom is -0.383 e. The summed E-state index contributed by atoms with van der Waals surface area (Å²) in [6.45, 7) is 4.71. The van der Waals surface area contributed by atoms with Gasteiger partial charge in [-0.05, 0) is 19.4 Å². The van der Waals surface area contributed by atoms with Gasteiger partial charge < -0.3 is 19.7 Å². The fourth-order valence-electron chi connectivity index (χ4n) is 2.92. The van der Waals surface area contributed by atoms with E-state index in [0.29, 0.717) is 31.9 Å². The zero-order chi connectivity index (χ0) is 20.0. The second-order valence-electron chi connectivity index (χ2n) is 6.68. The lowest BCUT2D eigenvalue weighted by Crippen LogP contribution is -2.46. The molecule has 27 heavy (non-hydrogen) atoms. The molecule has 0 saturated carbocycles. The Morgan fingerprint density at radius 1 is 1.11 bits per heavy atom. The van der Waals surface area contributed by atoms with Crippen LogP contribution >= 0.6 is 0 Å². The number of carbonyl (C=O) groups excluding carboxylic acids is 3. The lowest BCUT2D eigenvalue weighted by Gasteiger charge is -2.25. The van der Waals surface area contributed by atoms with E-state index in [1.807, 2.05) is 31.2 Å². The largest absolute Gasteiger partial charge is 0.383 e. The van der Waals surface area contributed by atoms with Crippen LogP contribution in [0.1, 0.15) is 18.1 Å². The molecule has 0 aliphatic carbocycles. The summed E-state index contributed by atoms with van der Waals surface area (Å²) in [7, 11) is 3.09. The Bertz CT molecular complexity index is 683. The van der Waals surface area contributed by atoms with Crippen LogP contribution in [-0.2, 0) is 24.6 Å². The third-order valence-corrected chi connectivity index (χ3v) is 4.68. The molecule has 2 rings (SSSR count). The Balaban J connectivity index is 2.13. The molecule has 1 fully saturated rings. The fraction of sp³-hybridized carbons (Fsp3) is 0.526. The van der Waals surface area contributed by atoms with Crippen molar-refractivity contribution in [2.75, 3.05) is 47.1 Å². The van der Waals surface area contributed by atoms with Crippen LogP contribution in [0.3, 0.4) is 0 Å². The maximum Gasteiger partial charge on any atom is 0.325 e. The van der Waals surface area contributed by atoms with Crippen LogP contribution in [0.2, 0.25) is 0 Å². The van der Waals surface area contributed by atoms with E-state index >= 15 is 0 Å². The predicted molar refractivity (Wildman–Crippen MR) is 99.1 cm³/mol. The topological polar surface area (TPSA) is 88.2 Å². The number of carbonyl (C=O) groups is 3. The van der Waals surface area contributed by atoms with Crippen LogP contribution in [0.4, 0.5) is 4.79 Å². The number of aryl methyl sites for hydroxylation is 1. The molecular weight excluding hydrogens is 350 g/mol. The molecule has 1 atom stereocenters. The number of rotatable bonds is 9. The molecule has 0 aromatic heterocycles. The summed E-state index contributed by atoms with van der Waals surface area (Å²) >= 11 is 0. The van der Waals surface area contributed by atoms with Gasteiger partial charge in [0.1, 0.15) is 12.1 Å². The summed E-state index contributed by atoms with van der Waals surface area (Å²) in [4.78, 5) is 40.5. The number of hydrogen-bond acceptors (Lipinski definition) is 5. The maximum atomic E-state index is 12.9. The molecule has 4 amide bonds. The lowest BCUT2D eigenvalue weighted by atomic mass is 9.91. The summed E-state index contributed by atoms with van der Waals surface area (Å²) in [6.07, 6.45) is 0. The number of imide groups is 1. The summed E-state index contributed by atoms with van der Waals surface area (Å²) in [5, 5.41) is 2.71. The van der Waals surface area contributed by atoms with Gasteiger partial charge in [-0.15, -0.1) is 0 Å². The molecule has 1 saturated heterocycles. The van der Waals surface area contributed by atoms with Crippen LogP contribution in [0.25, 0.3) is 0 Å². The van der Waals surface area contributed by atoms with Gasteiger partial charge in [-0.1, -0.05) is 29.8 Å². The molecule has 1 aromatic rings. The molecule has 1 aliphatic rings. The van der Waals surface area contributed by atoms with Gasteiger partial charge in [0.2, 0.25) is 5.91 Å². The fourth-order valence-corrected chi connectivity index (χ4v) is 2.92. The number of nitrogens with zero attached hydrogens (tertiary/aromatic N) is 2. The molecule has 0 bridgehead atoms. The van der Waals surface area contributed by atoms with E-state index in [-0.39, 0.29) is 12.5 Å². The average molecular weight is 377 g/mol. The van der Waals surface area contributed by atoms with E-state index in [1.54, 1.807) is 21.1 Å². The molecule has 0 spiro atoms. The summed E-state index contributed by atoms with van der Waals surface area (Å²) in [5.74, 6) is -0.774. The van der Waals surface area contributed by atoms with E-state index in [1.165, 1.54) is 4.90 Å². The SMILES string of the molecule is COCCN(CCOC)C(=O)CN1C(=O)N[C@@](C)(c2ccc(C)cc2)C1=O. The number of benzene rings is 1. The molecule has 8 heteroatoms. The molecule has 0 unspecified atom stereocenters. The van der Waals surface area contributed by atoms with E-state index in [9.17, 15) is 14.4 Å². The highest BCUT2D eigenvalue weighted by molar-refractivity contribution is 6.09. The number of amides is 4. The Morgan fingerprint density at radius 3 is 2.19 bits per heavy atom. The van der Waals surface area contributed by atoms with E-state index in [0.717, 1.165) is 10.5 Å². The van der Waals surface area contributed by atoms with Crippen molar-refractivity contribution in [1.82, 2.24) is 15.1 Å². The van der Waals surface area contributed by atoms with Crippen LogP contribution in [0.5, 0.6) is 0 Å². The highest BCUT2D eigenvalue weighted by atomic mass is 16.5. The van der Waals surface area contributed by atoms with Crippen molar-refractivity contribution in [2.45, 2.75) is 19.4 Å². The summed E-state index contributed by atoms with van der Waals surface area (Å²) < 4.78 is 10.0. The van der Waals surface area contributed by atoms with Crippen LogP contribution in [0.15, 0.2) is 24.3 Å². The molecule has 8 nitrogen and oxygen atoms in total. The first-order valence-electron chi connectivity index (χ1n) is 8.80. The molecule has 0 radical (unpaired) electrons. The first kappa shape index (κ1) is 20.9. The van der Waals surface area contributed by atoms with Crippen molar-refractivity contribution < 1.29 is 23.9 Å². The first-order chi connectivity index (χ1) is 12.8. The minimum absolute atomic E-state index is 0.320. The van der Waals surface area contributed by atoms with Crippen molar-refractivity contribution in [3.05, 3.63) is 35.4 Å². The molecule has 1 aliphatic heterocycles. The highest BCUT2D eigenvalue weighted by Crippen LogP contribution is 2.29. The zero-order valence-electron chi connectivity index (χ0n) is 16.3. The number of nitrogens with one attached hydrogen (secondary N) is 1. The smallest absolute Gasteiger partial charge is 0.325 e. The zero-order valence-corrected chi connectivity index (χ0v) is 16.3. The van der Waals surface area contributed by atoms with Gasteiger partial charge in [0.05, 0.1) is 13.2 Å². The maximum absolute atomic E-state index is 12.9. The Morgan fingerprint density at radius 2 is 1.67 bits per heavy atom. The highest BCUT2D eigenvalue weighted by Gasteiger charge is 2.49. The van der Waals surface area contributed by atoms with Crippen molar-refractivity contribution in [3.63, 3.8) is 0 Å². The first-order valence-corrected chi connectivity index (χ1v) is 8.80. The van der Waals surface area contributed by atoms with Gasteiger partial charge in [-0.3, -0.25) is 14.5 Å². The third kappa shape index (κ3) is 4.64. The second-order valence-corrected chi connectivity index (χ2v) is 6.68. The Hall–Kier alpha value is -2.45. The molecule has 1 heterocycles. The van der Waals surface area contributed by atoms with Gasteiger partial charge in [0.15, 0.2) is 0 Å². The summed E-state index contributed by atoms with van der Waals surface area (Å²) in [6, 6.07) is 6.80. The monoisotopic (exact) mass is 377 g/mol. The normalized spacial score (nSPS) is 19.3.